The van der Waals surface area contributed by atoms with E-state index in [1.807, 2.05) is 0 Å². The molecule has 19 heavy (non-hydrogen) atoms. The Morgan fingerprint density at radius 3 is 2.42 bits per heavy atom. The third-order valence-corrected chi connectivity index (χ3v) is 3.13. The second kappa shape index (κ2) is 5.93. The Balaban J connectivity index is 3.07. The van der Waals surface area contributed by atoms with Gasteiger partial charge in [-0.3, -0.25) is 4.79 Å². The van der Waals surface area contributed by atoms with Gasteiger partial charge < -0.3 is 19.9 Å². The monoisotopic (exact) mass is 267 g/mol. The van der Waals surface area contributed by atoms with Crippen LogP contribution >= 0.6 is 0 Å². The molecule has 0 saturated carbocycles. The number of carbonyl (C=O) groups excluding carboxylic acids is 1. The summed E-state index contributed by atoms with van der Waals surface area (Å²) in [6.45, 7) is 5.13. The Morgan fingerprint density at radius 2 is 1.95 bits per heavy atom. The highest BCUT2D eigenvalue weighted by atomic mass is 16.5. The first kappa shape index (κ1) is 15.3. The van der Waals surface area contributed by atoms with Crippen LogP contribution in [0.5, 0.6) is 11.5 Å². The van der Waals surface area contributed by atoms with Crippen LogP contribution < -0.4 is 14.8 Å². The minimum atomic E-state index is -0.731. The van der Waals surface area contributed by atoms with Gasteiger partial charge in [0.25, 0.3) is 5.91 Å². The molecule has 0 aliphatic carbocycles. The fourth-order valence-electron chi connectivity index (χ4n) is 1.53. The van der Waals surface area contributed by atoms with Crippen molar-refractivity contribution in [1.29, 1.82) is 0 Å². The largest absolute Gasteiger partial charge is 0.493 e. The van der Waals surface area contributed by atoms with Gasteiger partial charge in [-0.15, -0.1) is 0 Å². The summed E-state index contributed by atoms with van der Waals surface area (Å²) >= 11 is 0. The van der Waals surface area contributed by atoms with Gasteiger partial charge in [0.15, 0.2) is 11.5 Å². The molecule has 0 radical (unpaired) electrons. The topological polar surface area (TPSA) is 67.8 Å². The predicted molar refractivity (Wildman–Crippen MR) is 72.8 cm³/mol. The zero-order chi connectivity index (χ0) is 14.6. The molecule has 0 bridgehead atoms. The van der Waals surface area contributed by atoms with Gasteiger partial charge in [-0.25, -0.2) is 0 Å². The highest BCUT2D eigenvalue weighted by Gasteiger charge is 2.28. The van der Waals surface area contributed by atoms with E-state index < -0.39 is 11.6 Å². The summed E-state index contributed by atoms with van der Waals surface area (Å²) < 4.78 is 10.4. The maximum absolute atomic E-state index is 12.3. The van der Waals surface area contributed by atoms with E-state index in [1.54, 1.807) is 39.0 Å². The lowest BCUT2D eigenvalue weighted by molar-refractivity contribution is 0.0706. The van der Waals surface area contributed by atoms with Crippen molar-refractivity contribution in [3.05, 3.63) is 23.8 Å². The number of rotatable bonds is 5. The number of para-hydroxylation sites is 1. The zero-order valence-electron chi connectivity index (χ0n) is 12.0. The van der Waals surface area contributed by atoms with Crippen LogP contribution in [0.3, 0.4) is 0 Å². The lowest BCUT2D eigenvalue weighted by Crippen LogP contribution is -2.51. The minimum Gasteiger partial charge on any atom is -0.493 e. The number of aliphatic hydroxyl groups is 1. The summed E-state index contributed by atoms with van der Waals surface area (Å²) in [5, 5.41) is 12.4. The van der Waals surface area contributed by atoms with Crippen LogP contribution in [0, 0.1) is 0 Å². The van der Waals surface area contributed by atoms with Gasteiger partial charge in [0.1, 0.15) is 0 Å². The fourth-order valence-corrected chi connectivity index (χ4v) is 1.53. The predicted octanol–water partition coefficient (Wildman–Crippen LogP) is 1.59. The molecule has 1 unspecified atom stereocenters. The zero-order valence-corrected chi connectivity index (χ0v) is 12.0. The summed E-state index contributed by atoms with van der Waals surface area (Å²) in [7, 11) is 2.99. The second-order valence-electron chi connectivity index (χ2n) is 4.89. The molecular formula is C14H21NO4. The normalized spacial score (nSPS) is 12.7. The molecular weight excluding hydrogens is 246 g/mol. The first-order valence-electron chi connectivity index (χ1n) is 6.05. The summed E-state index contributed by atoms with van der Waals surface area (Å²) in [6.07, 6.45) is -0.673. The van der Waals surface area contributed by atoms with E-state index >= 15 is 0 Å². The van der Waals surface area contributed by atoms with Crippen LogP contribution in [0.4, 0.5) is 0 Å². The Morgan fingerprint density at radius 1 is 1.32 bits per heavy atom. The molecule has 0 spiro atoms. The molecule has 0 fully saturated rings. The Bertz CT molecular complexity index is 455. The van der Waals surface area contributed by atoms with Crippen LogP contribution in [0.25, 0.3) is 0 Å². The van der Waals surface area contributed by atoms with E-state index in [1.165, 1.54) is 14.2 Å². The molecule has 1 atom stereocenters. The highest BCUT2D eigenvalue weighted by molar-refractivity contribution is 5.98. The maximum atomic E-state index is 12.3. The van der Waals surface area contributed by atoms with Crippen molar-refractivity contribution >= 4 is 5.91 Å². The third kappa shape index (κ3) is 3.38. The molecule has 1 aromatic rings. The first-order valence-corrected chi connectivity index (χ1v) is 6.05. The molecule has 2 N–H and O–H groups in total. The summed E-state index contributed by atoms with van der Waals surface area (Å²) in [5.74, 6) is 0.551. The Kier molecular flexibility index (Phi) is 4.78. The summed E-state index contributed by atoms with van der Waals surface area (Å²) in [5.41, 5.74) is -0.360. The molecule has 0 saturated heterocycles. The van der Waals surface area contributed by atoms with Crippen molar-refractivity contribution < 1.29 is 19.4 Å². The average molecular weight is 267 g/mol. The molecule has 0 aromatic heterocycles. The Hall–Kier alpha value is -1.75. The van der Waals surface area contributed by atoms with Gasteiger partial charge in [0.05, 0.1) is 31.4 Å². The number of carbonyl (C=O) groups is 1. The molecule has 1 rings (SSSR count). The summed E-state index contributed by atoms with van der Waals surface area (Å²) in [4.78, 5) is 12.3. The van der Waals surface area contributed by atoms with Crippen LogP contribution in [-0.4, -0.2) is 36.9 Å². The van der Waals surface area contributed by atoms with E-state index in [-0.39, 0.29) is 5.91 Å². The number of nitrogens with one attached hydrogen (secondary N) is 1. The highest BCUT2D eigenvalue weighted by Crippen LogP contribution is 2.30. The van der Waals surface area contributed by atoms with Crippen molar-refractivity contribution in [3.8, 4) is 11.5 Å². The van der Waals surface area contributed by atoms with Gasteiger partial charge >= 0.3 is 0 Å². The van der Waals surface area contributed by atoms with Crippen molar-refractivity contribution in [2.45, 2.75) is 32.4 Å². The summed E-state index contributed by atoms with van der Waals surface area (Å²) in [6, 6.07) is 5.08. The van der Waals surface area contributed by atoms with Crippen LogP contribution in [-0.2, 0) is 0 Å². The lowest BCUT2D eigenvalue weighted by atomic mass is 9.98. The number of ether oxygens (including phenoxy) is 2. The van der Waals surface area contributed by atoms with E-state index in [4.69, 9.17) is 9.47 Å². The van der Waals surface area contributed by atoms with E-state index in [0.717, 1.165) is 0 Å². The van der Waals surface area contributed by atoms with Gasteiger partial charge in [0, 0.05) is 0 Å². The number of methoxy groups -OCH3 is 2. The molecule has 1 amide bonds. The van der Waals surface area contributed by atoms with Crippen molar-refractivity contribution in [1.82, 2.24) is 5.32 Å². The average Bonchev–Trinajstić information content (AvgIpc) is 2.36. The number of hydrogen-bond acceptors (Lipinski definition) is 4. The molecule has 0 aliphatic rings. The maximum Gasteiger partial charge on any atom is 0.255 e. The van der Waals surface area contributed by atoms with Crippen molar-refractivity contribution in [3.63, 3.8) is 0 Å². The van der Waals surface area contributed by atoms with Gasteiger partial charge in [-0.05, 0) is 32.9 Å². The molecule has 5 nitrogen and oxygen atoms in total. The van der Waals surface area contributed by atoms with Gasteiger partial charge in [-0.1, -0.05) is 6.07 Å². The van der Waals surface area contributed by atoms with Crippen molar-refractivity contribution in [2.24, 2.45) is 0 Å². The standard InChI is InChI=1S/C14H21NO4/c1-9(16)14(2,3)15-13(17)10-7-6-8-11(18-4)12(10)19-5/h6-9,16H,1-5H3,(H,15,17). The molecule has 1 aromatic carbocycles. The molecule has 0 heterocycles. The number of benzene rings is 1. The van der Waals surface area contributed by atoms with E-state index in [9.17, 15) is 9.90 Å². The molecule has 106 valence electrons. The second-order valence-corrected chi connectivity index (χ2v) is 4.89. The van der Waals surface area contributed by atoms with Gasteiger partial charge in [0.2, 0.25) is 0 Å². The van der Waals surface area contributed by atoms with E-state index in [0.29, 0.717) is 17.1 Å². The van der Waals surface area contributed by atoms with E-state index in [2.05, 4.69) is 5.32 Å². The fraction of sp³-hybridized carbons (Fsp3) is 0.500. The quantitative estimate of drug-likeness (QED) is 0.850. The SMILES string of the molecule is COc1cccc(C(=O)NC(C)(C)C(C)O)c1OC. The minimum absolute atomic E-state index is 0.318. The number of aliphatic hydroxyl groups excluding tert-OH is 1. The van der Waals surface area contributed by atoms with Crippen LogP contribution in [0.15, 0.2) is 18.2 Å². The van der Waals surface area contributed by atoms with Crippen molar-refractivity contribution in [2.75, 3.05) is 14.2 Å². The van der Waals surface area contributed by atoms with Crippen LogP contribution in [0.1, 0.15) is 31.1 Å². The Labute approximate surface area is 113 Å². The van der Waals surface area contributed by atoms with Gasteiger partial charge in [-0.2, -0.15) is 0 Å². The number of amides is 1. The lowest BCUT2D eigenvalue weighted by Gasteiger charge is -2.29. The third-order valence-electron chi connectivity index (χ3n) is 3.13. The first-order chi connectivity index (χ1) is 8.83. The molecule has 0 aliphatic heterocycles. The molecule has 5 heteroatoms. The smallest absolute Gasteiger partial charge is 0.255 e. The van der Waals surface area contributed by atoms with Crippen LogP contribution in [0.2, 0.25) is 0 Å². The number of hydrogen-bond donors (Lipinski definition) is 2.